The average molecular weight is 384 g/mol. The van der Waals surface area contributed by atoms with Crippen LogP contribution in [0.15, 0.2) is 24.3 Å². The molecule has 1 aromatic carbocycles. The average Bonchev–Trinajstić information content (AvgIpc) is 2.69. The van der Waals surface area contributed by atoms with E-state index >= 15 is 0 Å². The van der Waals surface area contributed by atoms with Crippen molar-refractivity contribution in [2.45, 2.75) is 40.2 Å². The highest BCUT2D eigenvalue weighted by molar-refractivity contribution is 5.98. The summed E-state index contributed by atoms with van der Waals surface area (Å²) < 4.78 is 10.5. The van der Waals surface area contributed by atoms with E-state index in [0.29, 0.717) is 37.6 Å². The number of carbonyl (C=O) groups excluding carboxylic acids is 2. The number of benzene rings is 1. The number of aromatic nitrogens is 1. The number of piperidine rings is 1. The Balaban J connectivity index is 1.92. The predicted molar refractivity (Wildman–Crippen MR) is 107 cm³/mol. The molecule has 28 heavy (non-hydrogen) atoms. The Hall–Kier alpha value is -2.47. The second kappa shape index (κ2) is 9.15. The zero-order valence-electron chi connectivity index (χ0n) is 16.9. The van der Waals surface area contributed by atoms with Crippen LogP contribution in [0.3, 0.4) is 0 Å². The lowest BCUT2D eigenvalue weighted by atomic mass is 9.97. The van der Waals surface area contributed by atoms with E-state index < -0.39 is 0 Å². The number of pyridine rings is 1. The molecule has 2 aromatic rings. The van der Waals surface area contributed by atoms with Crippen molar-refractivity contribution in [3.05, 3.63) is 41.1 Å². The summed E-state index contributed by atoms with van der Waals surface area (Å²) in [5.41, 5.74) is 3.00. The minimum atomic E-state index is -0.341. The number of nitrogens with zero attached hydrogens (tertiary/aromatic N) is 2. The highest BCUT2D eigenvalue weighted by Crippen LogP contribution is 2.26. The van der Waals surface area contributed by atoms with Crippen molar-refractivity contribution in [1.29, 1.82) is 0 Å². The highest BCUT2D eigenvalue weighted by Gasteiger charge is 2.29. The molecule has 2 heterocycles. The second-order valence-corrected chi connectivity index (χ2v) is 7.12. The van der Waals surface area contributed by atoms with Crippen LogP contribution >= 0.6 is 0 Å². The first-order chi connectivity index (χ1) is 13.5. The maximum Gasteiger partial charge on any atom is 0.340 e. The van der Waals surface area contributed by atoms with E-state index in [1.807, 2.05) is 38.1 Å². The molecular weight excluding hydrogens is 356 g/mol. The third-order valence-electron chi connectivity index (χ3n) is 5.21. The van der Waals surface area contributed by atoms with Crippen molar-refractivity contribution >= 4 is 22.8 Å². The molecule has 1 aliphatic rings. The summed E-state index contributed by atoms with van der Waals surface area (Å²) in [4.78, 5) is 31.8. The Labute approximate surface area is 165 Å². The fourth-order valence-corrected chi connectivity index (χ4v) is 3.89. The molecule has 0 unspecified atom stereocenters. The van der Waals surface area contributed by atoms with Gasteiger partial charge in [0.15, 0.2) is 0 Å². The monoisotopic (exact) mass is 384 g/mol. The fourth-order valence-electron chi connectivity index (χ4n) is 3.89. The van der Waals surface area contributed by atoms with Crippen LogP contribution in [0.5, 0.6) is 0 Å². The van der Waals surface area contributed by atoms with E-state index in [1.54, 1.807) is 6.92 Å². The van der Waals surface area contributed by atoms with Gasteiger partial charge >= 0.3 is 11.9 Å². The summed E-state index contributed by atoms with van der Waals surface area (Å²) in [5.74, 6) is -0.603. The number of hydrogen-bond donors (Lipinski definition) is 0. The molecule has 1 fully saturated rings. The van der Waals surface area contributed by atoms with Gasteiger partial charge in [0.05, 0.1) is 35.9 Å². The number of likely N-dealkylation sites (tertiary alicyclic amines) is 1. The normalized spacial score (nSPS) is 17.5. The van der Waals surface area contributed by atoms with Crippen LogP contribution in [0.4, 0.5) is 0 Å². The summed E-state index contributed by atoms with van der Waals surface area (Å²) in [6.45, 7) is 8.28. The summed E-state index contributed by atoms with van der Waals surface area (Å²) in [6, 6.07) is 7.82. The first-order valence-electron chi connectivity index (χ1n) is 9.99. The Morgan fingerprint density at radius 3 is 2.68 bits per heavy atom. The zero-order valence-corrected chi connectivity index (χ0v) is 16.9. The standard InChI is InChI=1S/C22H28N2O4/c1-4-27-21(25)16-9-8-12-24(13-16)14-19-20(22(26)28-5-2)15(3)17-10-6-7-11-18(17)23-19/h6-7,10-11,16H,4-5,8-9,12-14H2,1-3H3/t16-/m0/s1. The lowest BCUT2D eigenvalue weighted by molar-refractivity contribution is -0.150. The Bertz CT molecular complexity index is 865. The zero-order chi connectivity index (χ0) is 20.1. The van der Waals surface area contributed by atoms with E-state index in [4.69, 9.17) is 14.5 Å². The number of para-hydroxylation sites is 1. The fraction of sp³-hybridized carbons (Fsp3) is 0.500. The number of rotatable bonds is 6. The van der Waals surface area contributed by atoms with Gasteiger partial charge in [-0.25, -0.2) is 4.79 Å². The van der Waals surface area contributed by atoms with Gasteiger partial charge in [0, 0.05) is 18.5 Å². The van der Waals surface area contributed by atoms with E-state index in [0.717, 1.165) is 35.9 Å². The maximum atomic E-state index is 12.7. The smallest absolute Gasteiger partial charge is 0.340 e. The molecule has 1 aromatic heterocycles. The Kier molecular flexibility index (Phi) is 6.62. The van der Waals surface area contributed by atoms with Crippen molar-refractivity contribution in [3.8, 4) is 0 Å². The molecular formula is C22H28N2O4. The number of ether oxygens (including phenoxy) is 2. The molecule has 0 spiro atoms. The van der Waals surface area contributed by atoms with Crippen LogP contribution in [0.25, 0.3) is 10.9 Å². The molecule has 6 heteroatoms. The van der Waals surface area contributed by atoms with Crippen molar-refractivity contribution < 1.29 is 19.1 Å². The summed E-state index contributed by atoms with van der Waals surface area (Å²) in [5, 5.41) is 0.956. The van der Waals surface area contributed by atoms with Gasteiger partial charge in [-0.3, -0.25) is 14.7 Å². The van der Waals surface area contributed by atoms with Crippen LogP contribution in [-0.4, -0.2) is 48.1 Å². The van der Waals surface area contributed by atoms with Crippen molar-refractivity contribution in [1.82, 2.24) is 9.88 Å². The number of esters is 2. The van der Waals surface area contributed by atoms with Crippen LogP contribution in [0.2, 0.25) is 0 Å². The quantitative estimate of drug-likeness (QED) is 0.710. The summed E-state index contributed by atoms with van der Waals surface area (Å²) in [6.07, 6.45) is 1.76. The molecule has 0 amide bonds. The van der Waals surface area contributed by atoms with Gasteiger partial charge in [0.2, 0.25) is 0 Å². The molecule has 150 valence electrons. The van der Waals surface area contributed by atoms with Gasteiger partial charge in [-0.1, -0.05) is 18.2 Å². The van der Waals surface area contributed by atoms with Crippen molar-refractivity contribution in [3.63, 3.8) is 0 Å². The topological polar surface area (TPSA) is 68.7 Å². The number of fused-ring (bicyclic) bond motifs is 1. The van der Waals surface area contributed by atoms with Gasteiger partial charge in [-0.05, 0) is 51.8 Å². The number of aryl methyl sites for hydroxylation is 1. The molecule has 6 nitrogen and oxygen atoms in total. The molecule has 0 bridgehead atoms. The molecule has 0 aliphatic carbocycles. The summed E-state index contributed by atoms with van der Waals surface area (Å²) >= 11 is 0. The molecule has 1 aliphatic heterocycles. The lowest BCUT2D eigenvalue weighted by Gasteiger charge is -2.31. The van der Waals surface area contributed by atoms with E-state index in [1.165, 1.54) is 0 Å². The van der Waals surface area contributed by atoms with Gasteiger partial charge in [-0.15, -0.1) is 0 Å². The summed E-state index contributed by atoms with van der Waals surface area (Å²) in [7, 11) is 0. The highest BCUT2D eigenvalue weighted by atomic mass is 16.5. The molecule has 1 atom stereocenters. The third kappa shape index (κ3) is 4.33. The van der Waals surface area contributed by atoms with Crippen LogP contribution in [-0.2, 0) is 20.8 Å². The lowest BCUT2D eigenvalue weighted by Crippen LogP contribution is -2.39. The largest absolute Gasteiger partial charge is 0.466 e. The number of hydrogen-bond acceptors (Lipinski definition) is 6. The third-order valence-corrected chi connectivity index (χ3v) is 5.21. The minimum absolute atomic E-state index is 0.124. The van der Waals surface area contributed by atoms with Crippen LogP contribution in [0, 0.1) is 12.8 Å². The van der Waals surface area contributed by atoms with E-state index in [2.05, 4.69) is 4.90 Å². The van der Waals surface area contributed by atoms with E-state index in [-0.39, 0.29) is 17.9 Å². The molecule has 3 rings (SSSR count). The SMILES string of the molecule is CCOC(=O)c1c(CN2CCC[C@H](C(=O)OCC)C2)nc2ccccc2c1C. The molecule has 0 saturated carbocycles. The van der Waals surface area contributed by atoms with E-state index in [9.17, 15) is 9.59 Å². The number of carbonyl (C=O) groups is 2. The molecule has 0 N–H and O–H groups in total. The Morgan fingerprint density at radius 1 is 1.18 bits per heavy atom. The van der Waals surface area contributed by atoms with Crippen molar-refractivity contribution in [2.75, 3.05) is 26.3 Å². The maximum absolute atomic E-state index is 12.7. The Morgan fingerprint density at radius 2 is 1.93 bits per heavy atom. The van der Waals surface area contributed by atoms with Gasteiger partial charge in [0.1, 0.15) is 0 Å². The molecule has 1 saturated heterocycles. The second-order valence-electron chi connectivity index (χ2n) is 7.12. The predicted octanol–water partition coefficient (Wildman–Crippen LogP) is 3.50. The molecule has 0 radical (unpaired) electrons. The minimum Gasteiger partial charge on any atom is -0.466 e. The first kappa shape index (κ1) is 20.3. The van der Waals surface area contributed by atoms with Crippen LogP contribution in [0.1, 0.15) is 48.3 Å². The van der Waals surface area contributed by atoms with Crippen molar-refractivity contribution in [2.24, 2.45) is 5.92 Å². The van der Waals surface area contributed by atoms with Gasteiger partial charge < -0.3 is 9.47 Å². The van der Waals surface area contributed by atoms with Gasteiger partial charge in [-0.2, -0.15) is 0 Å². The van der Waals surface area contributed by atoms with Crippen LogP contribution < -0.4 is 0 Å². The first-order valence-corrected chi connectivity index (χ1v) is 9.99. The van der Waals surface area contributed by atoms with Gasteiger partial charge in [0.25, 0.3) is 0 Å².